The lowest BCUT2D eigenvalue weighted by Crippen LogP contribution is -2.28. The number of hydrogen-bond acceptors (Lipinski definition) is 1. The van der Waals surface area contributed by atoms with E-state index in [1.54, 1.807) is 0 Å². The maximum absolute atomic E-state index is 2.60. The van der Waals surface area contributed by atoms with E-state index < -0.39 is 0 Å². The molecule has 19 rings (SSSR count). The molecule has 5 aromatic heterocycles. The van der Waals surface area contributed by atoms with Crippen molar-refractivity contribution in [3.05, 3.63) is 297 Å². The fourth-order valence-corrected chi connectivity index (χ4v) is 15.2. The molecule has 1 aliphatic heterocycles. The molecule has 6 heterocycles. The van der Waals surface area contributed by atoms with Crippen molar-refractivity contribution < 1.29 is 0 Å². The molecule has 1 unspecified atom stereocenters. The Morgan fingerprint density at radius 3 is 1.14 bits per heavy atom. The van der Waals surface area contributed by atoms with E-state index in [-0.39, 0.29) is 12.0 Å². The van der Waals surface area contributed by atoms with Crippen molar-refractivity contribution in [1.82, 2.24) is 22.8 Å². The summed E-state index contributed by atoms with van der Waals surface area (Å²) in [5, 5.41) is 12.2. The molecule has 0 saturated heterocycles. The third-order valence-corrected chi connectivity index (χ3v) is 18.5. The molecule has 0 N–H and O–H groups in total. The van der Waals surface area contributed by atoms with Gasteiger partial charge in [-0.1, -0.05) is 194 Å². The minimum atomic E-state index is 0.149. The molecule has 0 bridgehead atoms. The van der Waals surface area contributed by atoms with Gasteiger partial charge in [-0.25, -0.2) is 0 Å². The Kier molecular flexibility index (Phi) is 9.36. The van der Waals surface area contributed by atoms with Crippen LogP contribution in [0.3, 0.4) is 0 Å². The van der Waals surface area contributed by atoms with Gasteiger partial charge in [0.1, 0.15) is 0 Å². The smallest absolute Gasteiger partial charge is 0.0788 e. The molecule has 84 heavy (non-hydrogen) atoms. The van der Waals surface area contributed by atoms with Gasteiger partial charge in [0.05, 0.1) is 84.0 Å². The van der Waals surface area contributed by atoms with Crippen molar-refractivity contribution in [2.45, 2.75) is 12.0 Å². The van der Waals surface area contributed by atoms with Crippen LogP contribution in [-0.2, 0) is 0 Å². The maximum atomic E-state index is 2.60. The Hall–Kier alpha value is -11.1. The topological polar surface area (TPSA) is 27.9 Å². The summed E-state index contributed by atoms with van der Waals surface area (Å²) in [5.74, 6) is 0.215. The molecule has 6 nitrogen and oxygen atoms in total. The second-order valence-electron chi connectivity index (χ2n) is 22.7. The van der Waals surface area contributed by atoms with Crippen LogP contribution in [-0.4, -0.2) is 28.9 Å². The average Bonchev–Trinajstić information content (AvgIpc) is 1.79. The van der Waals surface area contributed by atoms with Gasteiger partial charge in [-0.3, -0.25) is 0 Å². The van der Waals surface area contributed by atoms with Gasteiger partial charge in [0.2, 0.25) is 0 Å². The molecule has 0 amide bonds. The Bertz CT molecular complexity index is 5690. The van der Waals surface area contributed by atoms with Crippen molar-refractivity contribution in [3.8, 4) is 28.4 Å². The first-order valence-corrected chi connectivity index (χ1v) is 29.2. The number of aromatic nitrogens is 5. The van der Waals surface area contributed by atoms with E-state index in [1.807, 2.05) is 0 Å². The second-order valence-corrected chi connectivity index (χ2v) is 22.7. The third-order valence-electron chi connectivity index (χ3n) is 18.5. The summed E-state index contributed by atoms with van der Waals surface area (Å²) in [6, 6.07) is 99.5. The minimum Gasteiger partial charge on any atom is -0.333 e. The average molecular weight is 1070 g/mol. The lowest BCUT2D eigenvalue weighted by molar-refractivity contribution is 0.745. The summed E-state index contributed by atoms with van der Waals surface area (Å²) in [5.41, 5.74) is 20.9. The van der Waals surface area contributed by atoms with Gasteiger partial charge in [-0.2, -0.15) is 0 Å². The molecule has 17 aromatic rings. The summed E-state index contributed by atoms with van der Waals surface area (Å²) in [4.78, 5) is 2.60. The van der Waals surface area contributed by atoms with Crippen molar-refractivity contribution in [3.63, 3.8) is 0 Å². The van der Waals surface area contributed by atoms with Gasteiger partial charge in [-0.15, -0.1) is 0 Å². The zero-order chi connectivity index (χ0) is 54.7. The van der Waals surface area contributed by atoms with Gasteiger partial charge in [0.15, 0.2) is 0 Å². The summed E-state index contributed by atoms with van der Waals surface area (Å²) in [7, 11) is 0. The molecular formula is C78H50N6. The number of allylic oxidation sites excluding steroid dienone is 2. The number of nitrogens with zero attached hydrogens (tertiary/aromatic N) is 6. The monoisotopic (exact) mass is 1070 g/mol. The lowest BCUT2D eigenvalue weighted by Gasteiger charge is -2.29. The largest absolute Gasteiger partial charge is 0.333 e. The summed E-state index contributed by atoms with van der Waals surface area (Å²) in [6.45, 7) is 0. The number of anilines is 2. The number of benzene rings is 12. The van der Waals surface area contributed by atoms with Crippen LogP contribution in [0.5, 0.6) is 0 Å². The Morgan fingerprint density at radius 2 is 0.607 bits per heavy atom. The van der Waals surface area contributed by atoms with Crippen LogP contribution in [0.2, 0.25) is 0 Å². The molecule has 1 aliphatic carbocycles. The van der Waals surface area contributed by atoms with Crippen LogP contribution in [0.25, 0.3) is 137 Å². The van der Waals surface area contributed by atoms with Gasteiger partial charge >= 0.3 is 0 Å². The van der Waals surface area contributed by atoms with E-state index >= 15 is 0 Å². The number of hydrogen-bond donors (Lipinski definition) is 0. The van der Waals surface area contributed by atoms with Crippen LogP contribution in [0.4, 0.5) is 11.4 Å². The second kappa shape index (κ2) is 17.2. The number of rotatable bonds is 6. The fraction of sp³-hybridized carbons (Fsp3) is 0.0256. The zero-order valence-corrected chi connectivity index (χ0v) is 45.6. The third kappa shape index (κ3) is 6.13. The molecule has 0 spiro atoms. The van der Waals surface area contributed by atoms with E-state index in [1.165, 1.54) is 92.9 Å². The number of para-hydroxylation sites is 8. The van der Waals surface area contributed by atoms with Gasteiger partial charge in [0.25, 0.3) is 0 Å². The van der Waals surface area contributed by atoms with E-state index in [0.29, 0.717) is 0 Å². The molecule has 392 valence electrons. The van der Waals surface area contributed by atoms with Gasteiger partial charge < -0.3 is 27.7 Å². The molecule has 2 aliphatic rings. The Balaban J connectivity index is 0.979. The maximum Gasteiger partial charge on any atom is 0.0788 e. The van der Waals surface area contributed by atoms with E-state index in [2.05, 4.69) is 319 Å². The molecule has 0 saturated carbocycles. The van der Waals surface area contributed by atoms with E-state index in [4.69, 9.17) is 0 Å². The van der Waals surface area contributed by atoms with Crippen LogP contribution in [0.1, 0.15) is 11.5 Å². The number of fused-ring (bicyclic) bond motifs is 21. The molecule has 0 fully saturated rings. The summed E-state index contributed by atoms with van der Waals surface area (Å²) >= 11 is 0. The van der Waals surface area contributed by atoms with Crippen LogP contribution < -0.4 is 4.90 Å². The standard InChI is InChI=1S/C78H50N6/c1-4-22-49(23-5-1)81-65-34-16-10-28-55(65)59-42-44-71-73(75(59)81)63-32-14-20-38-69(63)79(71)52-46-53(80-70-39-21-15-33-64(70)74-72(80)45-43-60-56-29-11-17-35-66(56)82(76(60)74)50-24-6-2-7-25-50)48-54(47-52)84-68-37-19-13-31-58(68)62-41-40-61-57-30-12-18-36-67(57)83(77(61)78(62)84)51-26-8-3-9-27-51/h1-48,55,65H/t55?,65-/m0/s1. The highest BCUT2D eigenvalue weighted by Crippen LogP contribution is 2.54. The van der Waals surface area contributed by atoms with Crippen LogP contribution in [0.15, 0.2) is 291 Å². The predicted octanol–water partition coefficient (Wildman–Crippen LogP) is 19.9. The lowest BCUT2D eigenvalue weighted by atomic mass is 9.91. The zero-order valence-electron chi connectivity index (χ0n) is 45.6. The Labute approximate surface area is 482 Å². The molecular weight excluding hydrogens is 1020 g/mol. The van der Waals surface area contributed by atoms with E-state index in [0.717, 1.165) is 61.5 Å². The predicted molar refractivity (Wildman–Crippen MR) is 352 cm³/mol. The van der Waals surface area contributed by atoms with Crippen molar-refractivity contribution in [2.24, 2.45) is 0 Å². The molecule has 0 radical (unpaired) electrons. The first-order chi connectivity index (χ1) is 41.7. The van der Waals surface area contributed by atoms with Gasteiger partial charge in [0, 0.05) is 76.8 Å². The fourth-order valence-electron chi connectivity index (χ4n) is 15.2. The first-order valence-electron chi connectivity index (χ1n) is 29.2. The van der Waals surface area contributed by atoms with E-state index in [9.17, 15) is 0 Å². The molecule has 6 heteroatoms. The van der Waals surface area contributed by atoms with Crippen LogP contribution in [0, 0.1) is 0 Å². The quantitative estimate of drug-likeness (QED) is 0.163. The van der Waals surface area contributed by atoms with Crippen molar-refractivity contribution in [1.29, 1.82) is 0 Å². The Morgan fingerprint density at radius 1 is 0.238 bits per heavy atom. The first kappa shape index (κ1) is 45.6. The highest BCUT2D eigenvalue weighted by molar-refractivity contribution is 6.27. The molecule has 2 atom stereocenters. The van der Waals surface area contributed by atoms with Crippen molar-refractivity contribution in [2.75, 3.05) is 4.90 Å². The molecule has 12 aromatic carbocycles. The van der Waals surface area contributed by atoms with Gasteiger partial charge in [-0.05, 0) is 103 Å². The normalized spacial score (nSPS) is 15.0. The minimum absolute atomic E-state index is 0.149. The highest BCUT2D eigenvalue weighted by Gasteiger charge is 2.40. The highest BCUT2D eigenvalue weighted by atomic mass is 15.2. The van der Waals surface area contributed by atoms with Crippen LogP contribution >= 0.6 is 0 Å². The SMILES string of the molecule is C1=CC2c3ccc4c(c3N(c3ccccc3)[C@H]2C=C1)c1ccccc1n4-c1cc(-n2c3ccccc3c3c2ccc2c4ccccc4n(-c4ccccc4)c23)cc(-n2c3ccccc3c3ccc4c5ccccc5n(-c5ccccc5)c4c32)c1. The van der Waals surface area contributed by atoms with Crippen molar-refractivity contribution >= 4 is 120 Å². The summed E-state index contributed by atoms with van der Waals surface area (Å²) in [6.07, 6.45) is 9.23. The summed E-state index contributed by atoms with van der Waals surface area (Å²) < 4.78 is 12.6.